The Kier molecular flexibility index (Phi) is 6.57. The van der Waals surface area contributed by atoms with Crippen molar-refractivity contribution in [1.29, 1.82) is 0 Å². The Morgan fingerprint density at radius 2 is 1.79 bits per heavy atom. The van der Waals surface area contributed by atoms with Gasteiger partial charge in [-0.25, -0.2) is 17.8 Å². The number of sulfone groups is 1. The average Bonchev–Trinajstić information content (AvgIpc) is 3.53. The van der Waals surface area contributed by atoms with Crippen LogP contribution < -0.4 is 16.0 Å². The number of rotatable bonds is 8. The summed E-state index contributed by atoms with van der Waals surface area (Å²) in [7, 11) is -3.56. The summed E-state index contributed by atoms with van der Waals surface area (Å²) in [5.41, 5.74) is 1.58. The third-order valence-electron chi connectivity index (χ3n) is 7.46. The van der Waals surface area contributed by atoms with E-state index in [1.54, 1.807) is 16.8 Å². The number of carbonyl (C=O) groups excluding carboxylic acids is 2. The summed E-state index contributed by atoms with van der Waals surface area (Å²) in [6.07, 6.45) is 8.50. The first-order valence-electron chi connectivity index (χ1n) is 13.2. The number of fused-ring (bicyclic) bond motifs is 1. The number of imide groups is 1. The Bertz CT molecular complexity index is 1590. The third-order valence-corrected chi connectivity index (χ3v) is 9.35. The van der Waals surface area contributed by atoms with Gasteiger partial charge < -0.3 is 10.6 Å². The van der Waals surface area contributed by atoms with Crippen LogP contribution in [0, 0.1) is 11.7 Å². The van der Waals surface area contributed by atoms with Gasteiger partial charge in [-0.2, -0.15) is 9.61 Å². The molecule has 2 saturated carbocycles. The van der Waals surface area contributed by atoms with Crippen LogP contribution in [0.2, 0.25) is 0 Å². The fraction of sp³-hybridized carbons (Fsp3) is 0.407. The van der Waals surface area contributed by atoms with Crippen LogP contribution in [-0.4, -0.2) is 52.7 Å². The van der Waals surface area contributed by atoms with Crippen molar-refractivity contribution in [2.45, 2.75) is 61.9 Å². The lowest BCUT2D eigenvalue weighted by molar-refractivity contribution is -0.124. The van der Waals surface area contributed by atoms with E-state index in [0.29, 0.717) is 28.6 Å². The van der Waals surface area contributed by atoms with Crippen molar-refractivity contribution in [3.63, 3.8) is 0 Å². The fourth-order valence-corrected chi connectivity index (χ4v) is 6.98. The molecule has 2 amide bonds. The monoisotopic (exact) mass is 552 g/mol. The lowest BCUT2D eigenvalue weighted by atomic mass is 9.87. The van der Waals surface area contributed by atoms with E-state index in [0.717, 1.165) is 50.4 Å². The number of benzene rings is 1. The second-order valence-corrected chi connectivity index (χ2v) is 12.6. The highest BCUT2D eigenvalue weighted by molar-refractivity contribution is 7.91. The Labute approximate surface area is 225 Å². The Balaban J connectivity index is 1.17. The van der Waals surface area contributed by atoms with Gasteiger partial charge in [-0.3, -0.25) is 14.9 Å². The lowest BCUT2D eigenvalue weighted by Crippen LogP contribution is -2.29. The molecule has 204 valence electrons. The number of amides is 2. The molecule has 0 atom stereocenters. The highest BCUT2D eigenvalue weighted by Crippen LogP contribution is 2.31. The number of nitrogens with one attached hydrogen (secondary N) is 3. The van der Waals surface area contributed by atoms with Crippen molar-refractivity contribution in [2.75, 3.05) is 16.4 Å². The molecule has 0 bridgehead atoms. The molecule has 0 spiro atoms. The summed E-state index contributed by atoms with van der Waals surface area (Å²) in [4.78, 5) is 28.5. The molecule has 3 aliphatic rings. The molecular weight excluding hydrogens is 523 g/mol. The van der Waals surface area contributed by atoms with Crippen molar-refractivity contribution in [1.82, 2.24) is 19.9 Å². The first-order chi connectivity index (χ1) is 18.7. The van der Waals surface area contributed by atoms with E-state index in [4.69, 9.17) is 4.98 Å². The van der Waals surface area contributed by atoms with Crippen LogP contribution in [0.5, 0.6) is 0 Å². The number of nitrogens with zero attached hydrogens (tertiary/aromatic N) is 3. The molecule has 3 fully saturated rings. The van der Waals surface area contributed by atoms with Crippen molar-refractivity contribution < 1.29 is 22.4 Å². The number of aromatic nitrogens is 3. The van der Waals surface area contributed by atoms with Gasteiger partial charge in [0.25, 0.3) is 5.91 Å². The van der Waals surface area contributed by atoms with Gasteiger partial charge in [0.05, 0.1) is 23.3 Å². The summed E-state index contributed by atoms with van der Waals surface area (Å²) in [5.74, 6) is 0.181. The molecule has 0 unspecified atom stereocenters. The number of hydrogen-bond donors (Lipinski definition) is 3. The smallest absolute Gasteiger partial charge is 0.254 e. The fourth-order valence-electron chi connectivity index (χ4n) is 5.25. The molecule has 10 nitrogen and oxygen atoms in total. The molecular formula is C27H29FN6O4S. The Hall–Kier alpha value is -3.80. The number of anilines is 2. The van der Waals surface area contributed by atoms with Gasteiger partial charge in [0.2, 0.25) is 5.91 Å². The van der Waals surface area contributed by atoms with Gasteiger partial charge in [-0.15, -0.1) is 0 Å². The average molecular weight is 553 g/mol. The third kappa shape index (κ3) is 5.65. The number of halogens is 1. The van der Waals surface area contributed by atoms with Crippen LogP contribution >= 0.6 is 0 Å². The largest absolute Gasteiger partial charge is 0.367 e. The van der Waals surface area contributed by atoms with E-state index < -0.39 is 21.6 Å². The second-order valence-electron chi connectivity index (χ2n) is 10.6. The van der Waals surface area contributed by atoms with Gasteiger partial charge >= 0.3 is 0 Å². The van der Waals surface area contributed by atoms with Crippen LogP contribution in [0.4, 0.5) is 16.0 Å². The predicted molar refractivity (Wildman–Crippen MR) is 143 cm³/mol. The highest BCUT2D eigenvalue weighted by atomic mass is 32.2. The summed E-state index contributed by atoms with van der Waals surface area (Å²) in [5, 5.41) is 13.8. The summed E-state index contributed by atoms with van der Waals surface area (Å²) >= 11 is 0. The van der Waals surface area contributed by atoms with Gasteiger partial charge in [0.1, 0.15) is 17.5 Å². The normalized spacial score (nSPS) is 22.8. The minimum atomic E-state index is -3.56. The molecule has 1 aromatic carbocycles. The Morgan fingerprint density at radius 1 is 1.05 bits per heavy atom. The van der Waals surface area contributed by atoms with E-state index in [9.17, 15) is 22.4 Å². The van der Waals surface area contributed by atoms with E-state index in [1.165, 1.54) is 18.2 Å². The molecule has 3 N–H and O–H groups in total. The Morgan fingerprint density at radius 3 is 2.49 bits per heavy atom. The lowest BCUT2D eigenvalue weighted by Gasteiger charge is -2.29. The number of carbonyl (C=O) groups is 2. The van der Waals surface area contributed by atoms with Gasteiger partial charge in [0, 0.05) is 29.3 Å². The quantitative estimate of drug-likeness (QED) is 0.286. The highest BCUT2D eigenvalue weighted by Gasteiger charge is 2.29. The SMILES string of the molecule is O=C1C/C(=C\c2cnn3c(NC4CC4)cc(NC4CCC(CS(=O)(=O)c5cccc(F)c5)CC4)nc23)C(=O)N1. The zero-order valence-corrected chi connectivity index (χ0v) is 22.0. The molecule has 12 heteroatoms. The molecule has 0 radical (unpaired) electrons. The van der Waals surface area contributed by atoms with Gasteiger partial charge in [-0.05, 0) is 68.7 Å². The molecule has 2 aliphatic carbocycles. The summed E-state index contributed by atoms with van der Waals surface area (Å²) in [6.45, 7) is 0. The van der Waals surface area contributed by atoms with E-state index in [2.05, 4.69) is 21.0 Å². The maximum absolute atomic E-state index is 13.5. The topological polar surface area (TPSA) is 135 Å². The molecule has 39 heavy (non-hydrogen) atoms. The molecule has 1 saturated heterocycles. The van der Waals surface area contributed by atoms with E-state index in [1.807, 2.05) is 6.07 Å². The summed E-state index contributed by atoms with van der Waals surface area (Å²) < 4.78 is 40.8. The zero-order valence-electron chi connectivity index (χ0n) is 21.2. The van der Waals surface area contributed by atoms with Crippen molar-refractivity contribution >= 4 is 45.0 Å². The molecule has 1 aliphatic heterocycles. The van der Waals surface area contributed by atoms with Crippen molar-refractivity contribution in [3.05, 3.63) is 53.5 Å². The maximum Gasteiger partial charge on any atom is 0.254 e. The van der Waals surface area contributed by atoms with Gasteiger partial charge in [-0.1, -0.05) is 6.07 Å². The van der Waals surface area contributed by atoms with Crippen LogP contribution in [0.25, 0.3) is 11.7 Å². The van der Waals surface area contributed by atoms with E-state index in [-0.39, 0.29) is 34.9 Å². The van der Waals surface area contributed by atoms with Crippen LogP contribution in [-0.2, 0) is 19.4 Å². The van der Waals surface area contributed by atoms with Crippen LogP contribution in [0.1, 0.15) is 50.5 Å². The minimum Gasteiger partial charge on any atom is -0.367 e. The maximum atomic E-state index is 13.5. The van der Waals surface area contributed by atoms with Crippen molar-refractivity contribution in [3.8, 4) is 0 Å². The van der Waals surface area contributed by atoms with Gasteiger partial charge in [0.15, 0.2) is 15.5 Å². The summed E-state index contributed by atoms with van der Waals surface area (Å²) in [6, 6.07) is 7.59. The minimum absolute atomic E-state index is 0.00664. The van der Waals surface area contributed by atoms with E-state index >= 15 is 0 Å². The van der Waals surface area contributed by atoms with Crippen molar-refractivity contribution in [2.24, 2.45) is 5.92 Å². The van der Waals surface area contributed by atoms with Crippen LogP contribution in [0.15, 0.2) is 47.0 Å². The zero-order chi connectivity index (χ0) is 27.1. The molecule has 6 rings (SSSR count). The first-order valence-corrected chi connectivity index (χ1v) is 14.8. The first kappa shape index (κ1) is 25.5. The molecule has 3 heterocycles. The number of hydrogen-bond acceptors (Lipinski definition) is 8. The molecule has 2 aromatic heterocycles. The molecule has 3 aromatic rings. The second kappa shape index (κ2) is 10.1. The van der Waals surface area contributed by atoms with Crippen LogP contribution in [0.3, 0.4) is 0 Å². The standard InChI is InChI=1S/C27H29FN6O4S/c28-19-2-1-3-22(12-19)39(37,38)15-16-4-6-20(7-5-16)30-23-13-24(31-21-8-9-21)34-26(32-23)18(14-29-34)10-17-11-25(35)33-27(17)36/h1-3,10,12-14,16,20-21,31H,4-9,11,15H2,(H,30,32)(H,33,35,36)/b17-10+. The predicted octanol–water partition coefficient (Wildman–Crippen LogP) is 3.32.